The predicted octanol–water partition coefficient (Wildman–Crippen LogP) is 3.40. The first kappa shape index (κ1) is 24.6. The Bertz CT molecular complexity index is 1170. The Balaban J connectivity index is 1.71. The molecule has 2 amide bonds. The summed E-state index contributed by atoms with van der Waals surface area (Å²) in [4.78, 5) is 30.8. The molecule has 2 atom stereocenters. The maximum absolute atomic E-state index is 13.1. The van der Waals surface area contributed by atoms with E-state index in [-0.39, 0.29) is 24.2 Å². The van der Waals surface area contributed by atoms with Crippen LogP contribution in [-0.2, 0) is 11.2 Å². The summed E-state index contributed by atoms with van der Waals surface area (Å²) >= 11 is 0. The molecule has 1 N–H and O–H groups in total. The molecule has 2 aromatic rings. The molecule has 3 rings (SSSR count). The van der Waals surface area contributed by atoms with Gasteiger partial charge in [-0.15, -0.1) is 0 Å². The van der Waals surface area contributed by atoms with E-state index in [4.69, 9.17) is 0 Å². The predicted molar refractivity (Wildman–Crippen MR) is 121 cm³/mol. The molecule has 0 spiro atoms. The van der Waals surface area contributed by atoms with Crippen LogP contribution in [-0.4, -0.2) is 47.5 Å². The SMILES string of the molecule is CN(C(=O)C1C#CC=C(C(F)(F)F)C#C1)[C@H](CCNC(=O)c1ccccn1)Cc1ccccc1. The van der Waals surface area contributed by atoms with Crippen molar-refractivity contribution in [3.63, 3.8) is 0 Å². The largest absolute Gasteiger partial charge is 0.424 e. The zero-order chi connectivity index (χ0) is 24.6. The molecular formula is C26H22F3N3O2. The fourth-order valence-corrected chi connectivity index (χ4v) is 3.34. The smallest absolute Gasteiger partial charge is 0.351 e. The first-order valence-electron chi connectivity index (χ1n) is 10.6. The molecule has 0 saturated heterocycles. The van der Waals surface area contributed by atoms with Crippen LogP contribution in [0.1, 0.15) is 22.5 Å². The lowest BCUT2D eigenvalue weighted by molar-refractivity contribution is -0.133. The molecule has 0 radical (unpaired) electrons. The van der Waals surface area contributed by atoms with Crippen LogP contribution >= 0.6 is 0 Å². The highest BCUT2D eigenvalue weighted by Crippen LogP contribution is 2.25. The van der Waals surface area contributed by atoms with Crippen LogP contribution in [0.25, 0.3) is 0 Å². The van der Waals surface area contributed by atoms with E-state index < -0.39 is 23.6 Å². The van der Waals surface area contributed by atoms with Crippen molar-refractivity contribution in [1.29, 1.82) is 0 Å². The average molecular weight is 465 g/mol. The number of amides is 2. The fourth-order valence-electron chi connectivity index (χ4n) is 3.34. The molecule has 8 heteroatoms. The first-order valence-corrected chi connectivity index (χ1v) is 10.6. The second-order valence-electron chi connectivity index (χ2n) is 7.60. The van der Waals surface area contributed by atoms with Gasteiger partial charge >= 0.3 is 6.18 Å². The number of likely N-dealkylation sites (N-methyl/N-ethyl adjacent to an activating group) is 1. The van der Waals surface area contributed by atoms with E-state index in [1.54, 1.807) is 25.2 Å². The quantitative estimate of drug-likeness (QED) is 0.608. The van der Waals surface area contributed by atoms with Gasteiger partial charge in [-0.3, -0.25) is 14.6 Å². The topological polar surface area (TPSA) is 62.3 Å². The lowest BCUT2D eigenvalue weighted by atomic mass is 10.00. The second kappa shape index (κ2) is 11.2. The summed E-state index contributed by atoms with van der Waals surface area (Å²) in [7, 11) is 1.57. The Kier molecular flexibility index (Phi) is 8.10. The van der Waals surface area contributed by atoms with E-state index in [2.05, 4.69) is 28.1 Å². The van der Waals surface area contributed by atoms with Crippen molar-refractivity contribution in [3.05, 3.63) is 77.6 Å². The summed E-state index contributed by atoms with van der Waals surface area (Å²) in [5.41, 5.74) is 0.182. The van der Waals surface area contributed by atoms with Gasteiger partial charge in [-0.2, -0.15) is 13.2 Å². The highest BCUT2D eigenvalue weighted by atomic mass is 19.4. The van der Waals surface area contributed by atoms with Crippen molar-refractivity contribution in [2.24, 2.45) is 5.92 Å². The molecule has 5 nitrogen and oxygen atoms in total. The number of carbonyl (C=O) groups excluding carboxylic acids is 2. The lowest BCUT2D eigenvalue weighted by Crippen LogP contribution is -2.43. The maximum atomic E-state index is 13.1. The van der Waals surface area contributed by atoms with Gasteiger partial charge in [0, 0.05) is 31.9 Å². The minimum atomic E-state index is -4.62. The van der Waals surface area contributed by atoms with Gasteiger partial charge in [0.05, 0.1) is 0 Å². The molecule has 0 fully saturated rings. The van der Waals surface area contributed by atoms with E-state index in [0.717, 1.165) is 5.56 Å². The van der Waals surface area contributed by atoms with Crippen molar-refractivity contribution in [1.82, 2.24) is 15.2 Å². The summed E-state index contributed by atoms with van der Waals surface area (Å²) in [6.45, 7) is 0.270. The van der Waals surface area contributed by atoms with Crippen molar-refractivity contribution in [2.45, 2.75) is 25.1 Å². The Morgan fingerprint density at radius 2 is 1.85 bits per heavy atom. The monoisotopic (exact) mass is 465 g/mol. The van der Waals surface area contributed by atoms with Crippen LogP contribution in [0.5, 0.6) is 0 Å². The van der Waals surface area contributed by atoms with Gasteiger partial charge in [-0.25, -0.2) is 0 Å². The second-order valence-corrected chi connectivity index (χ2v) is 7.60. The number of rotatable bonds is 8. The summed E-state index contributed by atoms with van der Waals surface area (Å²) < 4.78 is 38.8. The number of halogens is 3. The normalized spacial score (nSPS) is 15.4. The molecule has 0 aliphatic heterocycles. The van der Waals surface area contributed by atoms with Crippen molar-refractivity contribution in [3.8, 4) is 23.7 Å². The number of alkyl halides is 3. The molecule has 1 aliphatic carbocycles. The Hall–Kier alpha value is -4.04. The van der Waals surface area contributed by atoms with Gasteiger partial charge < -0.3 is 10.2 Å². The van der Waals surface area contributed by atoms with E-state index in [1.807, 2.05) is 36.3 Å². The minimum Gasteiger partial charge on any atom is -0.351 e. The number of aromatic nitrogens is 1. The summed E-state index contributed by atoms with van der Waals surface area (Å²) in [6.07, 6.45) is -1.51. The van der Waals surface area contributed by atoms with E-state index in [1.165, 1.54) is 11.1 Å². The third-order valence-electron chi connectivity index (χ3n) is 5.22. The molecule has 1 unspecified atom stereocenters. The van der Waals surface area contributed by atoms with Gasteiger partial charge in [-0.05, 0) is 30.5 Å². The number of nitrogens with zero attached hydrogens (tertiary/aromatic N) is 2. The Labute approximate surface area is 196 Å². The van der Waals surface area contributed by atoms with Gasteiger partial charge in [0.15, 0.2) is 5.92 Å². The van der Waals surface area contributed by atoms with Crippen molar-refractivity contribution < 1.29 is 22.8 Å². The molecule has 1 aromatic carbocycles. The minimum absolute atomic E-state index is 0.270. The fraction of sp³-hybridized carbons (Fsp3) is 0.269. The zero-order valence-electron chi connectivity index (χ0n) is 18.4. The van der Waals surface area contributed by atoms with Crippen LogP contribution in [0.15, 0.2) is 66.4 Å². The van der Waals surface area contributed by atoms with E-state index in [9.17, 15) is 22.8 Å². The Morgan fingerprint density at radius 3 is 2.53 bits per heavy atom. The molecular weight excluding hydrogens is 443 g/mol. The summed E-state index contributed by atoms with van der Waals surface area (Å²) in [5.74, 6) is 7.17. The molecule has 34 heavy (non-hydrogen) atoms. The van der Waals surface area contributed by atoms with Crippen LogP contribution in [0, 0.1) is 29.6 Å². The van der Waals surface area contributed by atoms with E-state index >= 15 is 0 Å². The number of pyridine rings is 1. The average Bonchev–Trinajstić information content (AvgIpc) is 3.10. The number of carbonyl (C=O) groups is 2. The van der Waals surface area contributed by atoms with Crippen molar-refractivity contribution in [2.75, 3.05) is 13.6 Å². The van der Waals surface area contributed by atoms with Gasteiger partial charge in [-0.1, -0.05) is 60.1 Å². The van der Waals surface area contributed by atoms with Gasteiger partial charge in [0.2, 0.25) is 5.91 Å². The number of allylic oxidation sites excluding steroid dienone is 2. The molecule has 1 heterocycles. The standard InChI is InChI=1S/C26H22F3N3O2/c1-32(25(34)20-10-7-11-21(14-13-20)26(27,28)29)22(18-19-8-3-2-4-9-19)15-17-31-24(33)23-12-5-6-16-30-23/h2-6,8-9,11-12,16,20,22H,15,17-18H2,1H3,(H,31,33)/t20?,22-/m1/s1. The van der Waals surface area contributed by atoms with Crippen LogP contribution in [0.4, 0.5) is 13.2 Å². The molecule has 0 bridgehead atoms. The highest BCUT2D eigenvalue weighted by Gasteiger charge is 2.33. The van der Waals surface area contributed by atoms with E-state index in [0.29, 0.717) is 18.9 Å². The number of benzene rings is 1. The van der Waals surface area contributed by atoms with Crippen molar-refractivity contribution >= 4 is 11.8 Å². The van der Waals surface area contributed by atoms with Crippen LogP contribution in [0.3, 0.4) is 0 Å². The van der Waals surface area contributed by atoms with Gasteiger partial charge in [0.25, 0.3) is 5.91 Å². The summed E-state index contributed by atoms with van der Waals surface area (Å²) in [5, 5.41) is 2.79. The highest BCUT2D eigenvalue weighted by molar-refractivity contribution is 5.92. The Morgan fingerprint density at radius 1 is 1.12 bits per heavy atom. The molecule has 174 valence electrons. The van der Waals surface area contributed by atoms with Crippen LogP contribution in [0.2, 0.25) is 0 Å². The molecule has 0 saturated carbocycles. The zero-order valence-corrected chi connectivity index (χ0v) is 18.4. The lowest BCUT2D eigenvalue weighted by Gasteiger charge is -2.29. The molecule has 1 aliphatic rings. The molecule has 1 aromatic heterocycles. The van der Waals surface area contributed by atoms with Crippen LogP contribution < -0.4 is 5.32 Å². The number of hydrogen-bond acceptors (Lipinski definition) is 3. The van der Waals surface area contributed by atoms with Gasteiger partial charge in [0.1, 0.15) is 11.3 Å². The maximum Gasteiger partial charge on any atom is 0.424 e. The third kappa shape index (κ3) is 6.73. The third-order valence-corrected chi connectivity index (χ3v) is 5.22. The first-order chi connectivity index (χ1) is 16.3. The number of nitrogens with one attached hydrogen (secondary N) is 1. The summed E-state index contributed by atoms with van der Waals surface area (Å²) in [6, 6.07) is 14.1. The number of hydrogen-bond donors (Lipinski definition) is 1.